The number of hydrogen-bond acceptors (Lipinski definition) is 4. The highest BCUT2D eigenvalue weighted by molar-refractivity contribution is 5.44. The molecule has 3 rings (SSSR count). The van der Waals surface area contributed by atoms with Crippen LogP contribution < -0.4 is 14.8 Å². The molecule has 2 unspecified atom stereocenters. The van der Waals surface area contributed by atoms with Gasteiger partial charge >= 0.3 is 0 Å². The number of nitrogens with zero attached hydrogens (tertiary/aromatic N) is 1. The Labute approximate surface area is 127 Å². The second-order valence-electron chi connectivity index (χ2n) is 6.05. The van der Waals surface area contributed by atoms with Crippen molar-refractivity contribution >= 4 is 0 Å². The van der Waals surface area contributed by atoms with E-state index in [1.54, 1.807) is 0 Å². The number of nitrogens with one attached hydrogen (secondary N) is 1. The lowest BCUT2D eigenvalue weighted by molar-refractivity contribution is 0.155. The Morgan fingerprint density at radius 1 is 1.33 bits per heavy atom. The maximum atomic E-state index is 5.45. The maximum Gasteiger partial charge on any atom is 0.231 e. The second kappa shape index (κ2) is 6.67. The number of likely N-dealkylation sites (N-methyl/N-ethyl adjacent to an activating group) is 1. The summed E-state index contributed by atoms with van der Waals surface area (Å²) in [4.78, 5) is 2.65. The Kier molecular flexibility index (Phi) is 4.66. The summed E-state index contributed by atoms with van der Waals surface area (Å²) in [6.45, 7) is 8.42. The zero-order chi connectivity index (χ0) is 14.7. The third-order valence-electron chi connectivity index (χ3n) is 4.72. The van der Waals surface area contributed by atoms with Gasteiger partial charge in [-0.1, -0.05) is 13.0 Å². The first kappa shape index (κ1) is 14.7. The van der Waals surface area contributed by atoms with E-state index < -0.39 is 0 Å². The molecule has 0 aliphatic carbocycles. The summed E-state index contributed by atoms with van der Waals surface area (Å²) in [6.07, 6.45) is 3.56. The van der Waals surface area contributed by atoms with Gasteiger partial charge in [-0.25, -0.2) is 0 Å². The first-order chi connectivity index (χ1) is 10.3. The average molecular weight is 290 g/mol. The third kappa shape index (κ3) is 3.33. The Morgan fingerprint density at radius 3 is 2.95 bits per heavy atom. The van der Waals surface area contributed by atoms with Gasteiger partial charge in [0.2, 0.25) is 6.79 Å². The number of fused-ring (bicyclic) bond motifs is 1. The van der Waals surface area contributed by atoms with Crippen LogP contribution in [0.5, 0.6) is 11.5 Å². The monoisotopic (exact) mass is 290 g/mol. The first-order valence-electron chi connectivity index (χ1n) is 8.13. The van der Waals surface area contributed by atoms with Crippen molar-refractivity contribution in [2.45, 2.75) is 45.2 Å². The quantitative estimate of drug-likeness (QED) is 0.872. The Hall–Kier alpha value is -1.26. The van der Waals surface area contributed by atoms with E-state index in [0.29, 0.717) is 18.9 Å². The molecule has 4 nitrogen and oxygen atoms in total. The average Bonchev–Trinajstić information content (AvgIpc) is 3.16. The summed E-state index contributed by atoms with van der Waals surface area (Å²) in [5.74, 6) is 1.77. The van der Waals surface area contributed by atoms with Crippen molar-refractivity contribution in [3.8, 4) is 11.5 Å². The molecule has 0 radical (unpaired) electrons. The van der Waals surface area contributed by atoms with Crippen molar-refractivity contribution in [2.75, 3.05) is 26.4 Å². The second-order valence-corrected chi connectivity index (χ2v) is 6.05. The van der Waals surface area contributed by atoms with Crippen molar-refractivity contribution in [3.63, 3.8) is 0 Å². The molecular formula is C17H26N2O2. The van der Waals surface area contributed by atoms with Crippen LogP contribution in [0.2, 0.25) is 0 Å². The van der Waals surface area contributed by atoms with Crippen molar-refractivity contribution in [3.05, 3.63) is 23.8 Å². The van der Waals surface area contributed by atoms with Gasteiger partial charge in [-0.05, 0) is 57.0 Å². The molecule has 1 aromatic carbocycles. The van der Waals surface area contributed by atoms with Crippen LogP contribution in [0.25, 0.3) is 0 Å². The molecule has 0 bridgehead atoms. The van der Waals surface area contributed by atoms with Crippen LogP contribution in [0.1, 0.15) is 32.3 Å². The van der Waals surface area contributed by atoms with Gasteiger partial charge in [0, 0.05) is 18.6 Å². The lowest BCUT2D eigenvalue weighted by Crippen LogP contribution is -2.43. The lowest BCUT2D eigenvalue weighted by Gasteiger charge is -2.33. The van der Waals surface area contributed by atoms with E-state index in [1.165, 1.54) is 18.4 Å². The highest BCUT2D eigenvalue weighted by Crippen LogP contribution is 2.33. The number of rotatable bonds is 6. The van der Waals surface area contributed by atoms with Crippen LogP contribution in [0.3, 0.4) is 0 Å². The predicted molar refractivity (Wildman–Crippen MR) is 84.0 cm³/mol. The summed E-state index contributed by atoms with van der Waals surface area (Å²) in [6, 6.07) is 7.64. The molecule has 4 heteroatoms. The van der Waals surface area contributed by atoms with Gasteiger partial charge < -0.3 is 14.8 Å². The van der Waals surface area contributed by atoms with E-state index in [2.05, 4.69) is 36.2 Å². The zero-order valence-corrected chi connectivity index (χ0v) is 13.1. The van der Waals surface area contributed by atoms with Gasteiger partial charge in [-0.3, -0.25) is 4.90 Å². The number of benzene rings is 1. The van der Waals surface area contributed by atoms with E-state index in [-0.39, 0.29) is 0 Å². The molecule has 0 aromatic heterocycles. The van der Waals surface area contributed by atoms with Gasteiger partial charge in [0.1, 0.15) is 0 Å². The van der Waals surface area contributed by atoms with Crippen LogP contribution in [0.15, 0.2) is 18.2 Å². The maximum absolute atomic E-state index is 5.45. The van der Waals surface area contributed by atoms with Gasteiger partial charge in [0.15, 0.2) is 11.5 Å². The highest BCUT2D eigenvalue weighted by Gasteiger charge is 2.24. The van der Waals surface area contributed by atoms with Crippen molar-refractivity contribution in [1.82, 2.24) is 10.2 Å². The van der Waals surface area contributed by atoms with Crippen molar-refractivity contribution in [1.29, 1.82) is 0 Å². The first-order valence-corrected chi connectivity index (χ1v) is 8.13. The number of aryl methyl sites for hydroxylation is 1. The van der Waals surface area contributed by atoms with Crippen molar-refractivity contribution < 1.29 is 9.47 Å². The normalized spacial score (nSPS) is 22.0. The van der Waals surface area contributed by atoms with Crippen molar-refractivity contribution in [2.24, 2.45) is 0 Å². The molecule has 2 aliphatic rings. The number of ether oxygens (including phenoxy) is 2. The topological polar surface area (TPSA) is 33.7 Å². The fraction of sp³-hybridized carbons (Fsp3) is 0.647. The molecular weight excluding hydrogens is 264 g/mol. The van der Waals surface area contributed by atoms with Crippen LogP contribution >= 0.6 is 0 Å². The molecule has 0 saturated carbocycles. The SMILES string of the molecule is CCN(C(C)CCc1ccc2c(c1)OCO2)C1CCNC1. The largest absolute Gasteiger partial charge is 0.454 e. The zero-order valence-electron chi connectivity index (χ0n) is 13.1. The third-order valence-corrected chi connectivity index (χ3v) is 4.72. The van der Waals surface area contributed by atoms with E-state index in [0.717, 1.165) is 37.6 Å². The van der Waals surface area contributed by atoms with E-state index in [9.17, 15) is 0 Å². The van der Waals surface area contributed by atoms with E-state index >= 15 is 0 Å². The van der Waals surface area contributed by atoms with Gasteiger partial charge in [0.25, 0.3) is 0 Å². The number of hydrogen-bond donors (Lipinski definition) is 1. The minimum Gasteiger partial charge on any atom is -0.454 e. The molecule has 2 atom stereocenters. The summed E-state index contributed by atoms with van der Waals surface area (Å²) < 4.78 is 10.8. The molecule has 116 valence electrons. The Bertz CT molecular complexity index is 472. The van der Waals surface area contributed by atoms with Gasteiger partial charge in [-0.2, -0.15) is 0 Å². The fourth-order valence-electron chi connectivity index (χ4n) is 3.49. The fourth-order valence-corrected chi connectivity index (χ4v) is 3.49. The molecule has 0 amide bonds. The minimum atomic E-state index is 0.355. The van der Waals surface area contributed by atoms with Crippen LogP contribution in [-0.4, -0.2) is 43.4 Å². The van der Waals surface area contributed by atoms with E-state index in [4.69, 9.17) is 9.47 Å². The van der Waals surface area contributed by atoms with Gasteiger partial charge in [0.05, 0.1) is 0 Å². The standard InChI is InChI=1S/C17H26N2O2/c1-3-19(15-8-9-18-11-15)13(2)4-5-14-6-7-16-17(10-14)21-12-20-16/h6-7,10,13,15,18H,3-5,8-9,11-12H2,1-2H3. The molecule has 1 N–H and O–H groups in total. The predicted octanol–water partition coefficient (Wildman–Crippen LogP) is 2.42. The van der Waals surface area contributed by atoms with E-state index in [1.807, 2.05) is 6.07 Å². The molecule has 2 heterocycles. The molecule has 1 saturated heterocycles. The smallest absolute Gasteiger partial charge is 0.231 e. The Morgan fingerprint density at radius 2 is 2.19 bits per heavy atom. The molecule has 1 aromatic rings. The minimum absolute atomic E-state index is 0.355. The summed E-state index contributed by atoms with van der Waals surface area (Å²) in [5, 5.41) is 3.47. The molecule has 0 spiro atoms. The van der Waals surface area contributed by atoms with Crippen LogP contribution in [-0.2, 0) is 6.42 Å². The lowest BCUT2D eigenvalue weighted by atomic mass is 10.0. The summed E-state index contributed by atoms with van der Waals surface area (Å²) in [5.41, 5.74) is 1.34. The van der Waals surface area contributed by atoms with Gasteiger partial charge in [-0.15, -0.1) is 0 Å². The molecule has 2 aliphatic heterocycles. The summed E-state index contributed by atoms with van der Waals surface area (Å²) in [7, 11) is 0. The van der Waals surface area contributed by atoms with Crippen LogP contribution in [0.4, 0.5) is 0 Å². The molecule has 21 heavy (non-hydrogen) atoms. The molecule has 1 fully saturated rings. The van der Waals surface area contributed by atoms with Crippen LogP contribution in [0, 0.1) is 0 Å². The summed E-state index contributed by atoms with van der Waals surface area (Å²) >= 11 is 0. The highest BCUT2D eigenvalue weighted by atomic mass is 16.7. The Balaban J connectivity index is 1.56.